The van der Waals surface area contributed by atoms with Crippen molar-refractivity contribution in [1.82, 2.24) is 15.3 Å². The van der Waals surface area contributed by atoms with Crippen LogP contribution in [0, 0.1) is 0 Å². The minimum absolute atomic E-state index is 0.148. The Kier molecular flexibility index (Phi) is 3.54. The molecule has 0 spiro atoms. The molecule has 1 atom stereocenters. The van der Waals surface area contributed by atoms with E-state index in [1.165, 1.54) is 0 Å². The van der Waals surface area contributed by atoms with E-state index in [0.717, 1.165) is 6.33 Å². The van der Waals surface area contributed by atoms with Crippen molar-refractivity contribution in [2.45, 2.75) is 25.7 Å². The summed E-state index contributed by atoms with van der Waals surface area (Å²) in [5, 5.41) is 11.4. The summed E-state index contributed by atoms with van der Waals surface area (Å²) in [6, 6.07) is 0. The first-order chi connectivity index (χ1) is 8.89. The lowest BCUT2D eigenvalue weighted by Gasteiger charge is -2.17. The zero-order valence-electron chi connectivity index (χ0n) is 10.6. The van der Waals surface area contributed by atoms with Gasteiger partial charge in [0.1, 0.15) is 6.10 Å². The molecule has 1 fully saturated rings. The predicted octanol–water partition coefficient (Wildman–Crippen LogP) is -0.0108. The molecule has 1 unspecified atom stereocenters. The minimum atomic E-state index is -1.23. The van der Waals surface area contributed by atoms with Gasteiger partial charge in [0.15, 0.2) is 17.2 Å². The highest BCUT2D eigenvalue weighted by Gasteiger charge is 2.33. The van der Waals surface area contributed by atoms with Crippen LogP contribution < -0.4 is 5.32 Å². The normalized spacial score (nSPS) is 21.3. The average molecular weight is 269 g/mol. The van der Waals surface area contributed by atoms with E-state index < -0.39 is 17.7 Å². The van der Waals surface area contributed by atoms with E-state index in [0.29, 0.717) is 6.61 Å². The Labute approximate surface area is 109 Å². The molecule has 1 aliphatic heterocycles. The van der Waals surface area contributed by atoms with Gasteiger partial charge in [0, 0.05) is 6.54 Å². The summed E-state index contributed by atoms with van der Waals surface area (Å²) in [6.45, 7) is 4.17. The van der Waals surface area contributed by atoms with E-state index in [4.69, 9.17) is 14.6 Å². The number of carboxylic acids is 1. The van der Waals surface area contributed by atoms with Gasteiger partial charge in [-0.05, 0) is 13.8 Å². The molecule has 1 aromatic heterocycles. The van der Waals surface area contributed by atoms with Crippen molar-refractivity contribution in [2.75, 3.05) is 13.2 Å². The standard InChI is InChI=1S/C11H15N3O5/c1-11(2)18-4-6(19-11)3-12-9(15)7-8(10(16)17)14-5-13-7/h5-6H,3-4H2,1-2H3,(H,12,15)(H,13,14)(H,16,17). The number of hydrogen-bond acceptors (Lipinski definition) is 5. The second kappa shape index (κ2) is 4.98. The molecule has 1 amide bonds. The van der Waals surface area contributed by atoms with E-state index in [-0.39, 0.29) is 24.0 Å². The quantitative estimate of drug-likeness (QED) is 0.708. The number of hydrogen-bond donors (Lipinski definition) is 3. The van der Waals surface area contributed by atoms with Gasteiger partial charge < -0.3 is 24.9 Å². The number of carbonyl (C=O) groups excluding carboxylic acids is 1. The highest BCUT2D eigenvalue weighted by Crippen LogP contribution is 2.21. The Morgan fingerprint density at radius 3 is 2.95 bits per heavy atom. The summed E-state index contributed by atoms with van der Waals surface area (Å²) in [5.74, 6) is -2.45. The van der Waals surface area contributed by atoms with Gasteiger partial charge in [-0.1, -0.05) is 0 Å². The number of amides is 1. The lowest BCUT2D eigenvalue weighted by Crippen LogP contribution is -2.35. The maximum atomic E-state index is 11.8. The van der Waals surface area contributed by atoms with Crippen molar-refractivity contribution >= 4 is 11.9 Å². The highest BCUT2D eigenvalue weighted by molar-refractivity contribution is 6.02. The first-order valence-electron chi connectivity index (χ1n) is 5.76. The molecule has 0 aromatic carbocycles. The number of H-pyrrole nitrogens is 1. The third-order valence-corrected chi connectivity index (χ3v) is 2.63. The lowest BCUT2D eigenvalue weighted by atomic mass is 10.3. The van der Waals surface area contributed by atoms with Gasteiger partial charge in [-0.15, -0.1) is 0 Å². The van der Waals surface area contributed by atoms with E-state index >= 15 is 0 Å². The third-order valence-electron chi connectivity index (χ3n) is 2.63. The van der Waals surface area contributed by atoms with Crippen LogP contribution in [0.2, 0.25) is 0 Å². The number of nitrogens with one attached hydrogen (secondary N) is 2. The van der Waals surface area contributed by atoms with Crippen molar-refractivity contribution in [2.24, 2.45) is 0 Å². The van der Waals surface area contributed by atoms with Gasteiger partial charge >= 0.3 is 5.97 Å². The number of rotatable bonds is 4. The van der Waals surface area contributed by atoms with Crippen LogP contribution in [0.15, 0.2) is 6.33 Å². The van der Waals surface area contributed by atoms with Gasteiger partial charge in [-0.2, -0.15) is 0 Å². The molecule has 1 aromatic rings. The van der Waals surface area contributed by atoms with Crippen LogP contribution in [0.5, 0.6) is 0 Å². The van der Waals surface area contributed by atoms with Crippen molar-refractivity contribution in [1.29, 1.82) is 0 Å². The first-order valence-corrected chi connectivity index (χ1v) is 5.76. The predicted molar refractivity (Wildman–Crippen MR) is 62.8 cm³/mol. The summed E-state index contributed by atoms with van der Waals surface area (Å²) in [4.78, 5) is 28.7. The summed E-state index contributed by atoms with van der Waals surface area (Å²) in [5.41, 5.74) is -0.382. The molecule has 2 rings (SSSR count). The molecular formula is C11H15N3O5. The lowest BCUT2D eigenvalue weighted by molar-refractivity contribution is -0.137. The molecule has 0 radical (unpaired) electrons. The number of aromatic nitrogens is 2. The molecular weight excluding hydrogens is 254 g/mol. The first kappa shape index (κ1) is 13.5. The Bertz CT molecular complexity index is 496. The van der Waals surface area contributed by atoms with E-state index in [9.17, 15) is 9.59 Å². The van der Waals surface area contributed by atoms with Crippen LogP contribution in [0.1, 0.15) is 34.8 Å². The van der Waals surface area contributed by atoms with Crippen LogP contribution in [-0.4, -0.2) is 52.0 Å². The molecule has 1 aliphatic rings. The van der Waals surface area contributed by atoms with Crippen molar-refractivity contribution < 1.29 is 24.2 Å². The van der Waals surface area contributed by atoms with Crippen LogP contribution in [0.25, 0.3) is 0 Å². The Balaban J connectivity index is 1.92. The topological polar surface area (TPSA) is 114 Å². The Morgan fingerprint density at radius 2 is 2.37 bits per heavy atom. The summed E-state index contributed by atoms with van der Waals surface area (Å²) in [7, 11) is 0. The molecule has 8 heteroatoms. The maximum Gasteiger partial charge on any atom is 0.354 e. The van der Waals surface area contributed by atoms with Gasteiger partial charge in [0.05, 0.1) is 12.9 Å². The van der Waals surface area contributed by atoms with Crippen molar-refractivity contribution in [3.63, 3.8) is 0 Å². The molecule has 1 saturated heterocycles. The Hall–Kier alpha value is -1.93. The molecule has 3 N–H and O–H groups in total. The number of carboxylic acid groups (broad SMARTS) is 1. The second-order valence-corrected chi connectivity index (χ2v) is 4.59. The van der Waals surface area contributed by atoms with E-state index in [1.807, 2.05) is 0 Å². The molecule has 19 heavy (non-hydrogen) atoms. The highest BCUT2D eigenvalue weighted by atomic mass is 16.7. The molecule has 2 heterocycles. The maximum absolute atomic E-state index is 11.8. The van der Waals surface area contributed by atoms with Crippen LogP contribution in [0.3, 0.4) is 0 Å². The fourth-order valence-corrected chi connectivity index (χ4v) is 1.78. The van der Waals surface area contributed by atoms with Gasteiger partial charge in [0.2, 0.25) is 0 Å². The number of imidazole rings is 1. The van der Waals surface area contributed by atoms with Crippen molar-refractivity contribution in [3.05, 3.63) is 17.7 Å². The fraction of sp³-hybridized carbons (Fsp3) is 0.545. The largest absolute Gasteiger partial charge is 0.477 e. The molecule has 0 aliphatic carbocycles. The zero-order chi connectivity index (χ0) is 14.0. The number of ether oxygens (including phenoxy) is 2. The smallest absolute Gasteiger partial charge is 0.354 e. The monoisotopic (exact) mass is 269 g/mol. The van der Waals surface area contributed by atoms with Gasteiger partial charge in [-0.25, -0.2) is 9.78 Å². The SMILES string of the molecule is CC1(C)OCC(CNC(=O)c2nc[nH]c2C(=O)O)O1. The second-order valence-electron chi connectivity index (χ2n) is 4.59. The molecule has 0 bridgehead atoms. The number of nitrogens with zero attached hydrogens (tertiary/aromatic N) is 1. The van der Waals surface area contributed by atoms with Crippen molar-refractivity contribution in [3.8, 4) is 0 Å². The van der Waals surface area contributed by atoms with Gasteiger partial charge in [0.25, 0.3) is 5.91 Å². The van der Waals surface area contributed by atoms with Crippen LogP contribution in [0.4, 0.5) is 0 Å². The van der Waals surface area contributed by atoms with Crippen LogP contribution in [-0.2, 0) is 9.47 Å². The third kappa shape index (κ3) is 3.09. The molecule has 0 saturated carbocycles. The van der Waals surface area contributed by atoms with E-state index in [1.54, 1.807) is 13.8 Å². The molecule has 104 valence electrons. The number of aromatic amines is 1. The summed E-state index contributed by atoms with van der Waals surface area (Å²) >= 11 is 0. The average Bonchev–Trinajstić information content (AvgIpc) is 2.92. The number of aromatic carboxylic acids is 1. The number of carbonyl (C=O) groups is 2. The summed E-state index contributed by atoms with van der Waals surface area (Å²) < 4.78 is 10.9. The summed E-state index contributed by atoms with van der Waals surface area (Å²) in [6.07, 6.45) is 0.905. The van der Waals surface area contributed by atoms with Crippen LogP contribution >= 0.6 is 0 Å². The Morgan fingerprint density at radius 1 is 1.63 bits per heavy atom. The minimum Gasteiger partial charge on any atom is -0.477 e. The van der Waals surface area contributed by atoms with Gasteiger partial charge in [-0.3, -0.25) is 4.79 Å². The molecule has 8 nitrogen and oxygen atoms in total. The fourth-order valence-electron chi connectivity index (χ4n) is 1.78. The van der Waals surface area contributed by atoms with E-state index in [2.05, 4.69) is 15.3 Å². The zero-order valence-corrected chi connectivity index (χ0v) is 10.6.